The fraction of sp³-hybridized carbons (Fsp3) is 0.571. The van der Waals surface area contributed by atoms with Crippen molar-refractivity contribution in [3.63, 3.8) is 0 Å². The number of halogens is 2. The van der Waals surface area contributed by atoms with Gasteiger partial charge >= 0.3 is 0 Å². The summed E-state index contributed by atoms with van der Waals surface area (Å²) in [5.41, 5.74) is 0. The predicted molar refractivity (Wildman–Crippen MR) is 75.6 cm³/mol. The van der Waals surface area contributed by atoms with Gasteiger partial charge in [-0.1, -0.05) is 0 Å². The molecule has 1 aromatic rings. The molecule has 1 saturated heterocycles. The normalized spacial score (nSPS) is 17.0. The van der Waals surface area contributed by atoms with Crippen molar-refractivity contribution in [2.75, 3.05) is 26.2 Å². The van der Waals surface area contributed by atoms with Crippen LogP contribution >= 0.6 is 0 Å². The fourth-order valence-electron chi connectivity index (χ4n) is 2.57. The van der Waals surface area contributed by atoms with Crippen LogP contribution in [0.1, 0.15) is 25.7 Å². The van der Waals surface area contributed by atoms with Crippen molar-refractivity contribution in [3.8, 4) is 0 Å². The highest BCUT2D eigenvalue weighted by atomic mass is 32.2. The number of hydrogen-bond acceptors (Lipinski definition) is 2. The van der Waals surface area contributed by atoms with Gasteiger partial charge in [0, 0.05) is 13.0 Å². The first kappa shape index (κ1) is 16.3. The molecule has 0 unspecified atom stereocenters. The van der Waals surface area contributed by atoms with Gasteiger partial charge in [0.25, 0.3) is 0 Å². The quantitative estimate of drug-likeness (QED) is 0.759. The summed E-state index contributed by atoms with van der Waals surface area (Å²) in [6.45, 7) is 3.54. The zero-order valence-corrected chi connectivity index (χ0v) is 12.7. The lowest BCUT2D eigenvalue weighted by atomic mass is 10.1. The Morgan fingerprint density at radius 2 is 1.81 bits per heavy atom. The van der Waals surface area contributed by atoms with Crippen LogP contribution in [0.5, 0.6) is 0 Å². The Balaban J connectivity index is 1.82. The first-order valence-corrected chi connectivity index (χ1v) is 8.75. The maximum atomic E-state index is 13.1. The van der Waals surface area contributed by atoms with E-state index in [2.05, 4.69) is 4.72 Å². The van der Waals surface area contributed by atoms with Crippen LogP contribution in [0.2, 0.25) is 0 Å². The number of benzene rings is 1. The standard InChI is InChI=1S/C14H20F2N2O2S/c15-13-6-5-12(11-14(13)16)21(19,20)17-7-4-10-18-8-2-1-3-9-18/h5-6,11,17H,1-4,7-10H2/p+1. The number of nitrogens with one attached hydrogen (secondary N) is 2. The van der Waals surface area contributed by atoms with E-state index < -0.39 is 21.7 Å². The lowest BCUT2D eigenvalue weighted by Crippen LogP contribution is -3.12. The zero-order chi connectivity index (χ0) is 15.3. The van der Waals surface area contributed by atoms with Gasteiger partial charge in [0.1, 0.15) is 0 Å². The molecule has 0 amide bonds. The minimum Gasteiger partial charge on any atom is -0.335 e. The highest BCUT2D eigenvalue weighted by Crippen LogP contribution is 2.13. The minimum atomic E-state index is -3.77. The summed E-state index contributed by atoms with van der Waals surface area (Å²) >= 11 is 0. The van der Waals surface area contributed by atoms with Crippen molar-refractivity contribution in [2.45, 2.75) is 30.6 Å². The zero-order valence-electron chi connectivity index (χ0n) is 11.9. The summed E-state index contributed by atoms with van der Waals surface area (Å²) in [4.78, 5) is 1.26. The third kappa shape index (κ3) is 4.72. The van der Waals surface area contributed by atoms with E-state index in [1.807, 2.05) is 0 Å². The van der Waals surface area contributed by atoms with Crippen LogP contribution in [0.15, 0.2) is 23.1 Å². The van der Waals surface area contributed by atoms with Crippen molar-refractivity contribution >= 4 is 10.0 Å². The van der Waals surface area contributed by atoms with E-state index in [0.717, 1.165) is 38.2 Å². The molecular formula is C14H21F2N2O2S+. The largest absolute Gasteiger partial charge is 0.335 e. The molecule has 0 aliphatic carbocycles. The number of rotatable bonds is 6. The van der Waals surface area contributed by atoms with Gasteiger partial charge in [-0.15, -0.1) is 0 Å². The highest BCUT2D eigenvalue weighted by molar-refractivity contribution is 7.89. The van der Waals surface area contributed by atoms with E-state index in [-0.39, 0.29) is 4.90 Å². The fourth-order valence-corrected chi connectivity index (χ4v) is 3.66. The van der Waals surface area contributed by atoms with E-state index in [1.54, 1.807) is 0 Å². The Kier molecular flexibility index (Phi) is 5.66. The van der Waals surface area contributed by atoms with Gasteiger partial charge in [-0.2, -0.15) is 0 Å². The van der Waals surface area contributed by atoms with Crippen LogP contribution < -0.4 is 9.62 Å². The van der Waals surface area contributed by atoms with E-state index in [1.165, 1.54) is 24.2 Å². The monoisotopic (exact) mass is 319 g/mol. The molecule has 2 N–H and O–H groups in total. The number of likely N-dealkylation sites (tertiary alicyclic amines) is 1. The second-order valence-corrected chi connectivity index (χ2v) is 7.15. The van der Waals surface area contributed by atoms with Gasteiger partial charge in [-0.05, 0) is 37.5 Å². The number of quaternary nitrogens is 1. The molecule has 0 saturated carbocycles. The van der Waals surface area contributed by atoms with E-state index >= 15 is 0 Å². The third-order valence-electron chi connectivity index (χ3n) is 3.76. The molecule has 4 nitrogen and oxygen atoms in total. The van der Waals surface area contributed by atoms with Gasteiger partial charge in [0.15, 0.2) is 11.6 Å². The first-order valence-electron chi connectivity index (χ1n) is 7.27. The Morgan fingerprint density at radius 1 is 1.10 bits per heavy atom. The van der Waals surface area contributed by atoms with Gasteiger partial charge in [0.2, 0.25) is 10.0 Å². The van der Waals surface area contributed by atoms with E-state index in [0.29, 0.717) is 12.6 Å². The molecule has 0 radical (unpaired) electrons. The van der Waals surface area contributed by atoms with Crippen LogP contribution in [0.3, 0.4) is 0 Å². The topological polar surface area (TPSA) is 50.6 Å². The lowest BCUT2D eigenvalue weighted by molar-refractivity contribution is -0.904. The van der Waals surface area contributed by atoms with Crippen LogP contribution in [-0.4, -0.2) is 34.6 Å². The molecule has 0 aromatic heterocycles. The molecule has 118 valence electrons. The second-order valence-electron chi connectivity index (χ2n) is 5.39. The van der Waals surface area contributed by atoms with Crippen molar-refractivity contribution < 1.29 is 22.1 Å². The Labute approximate surface area is 124 Å². The van der Waals surface area contributed by atoms with Crippen molar-refractivity contribution in [2.24, 2.45) is 0 Å². The summed E-state index contributed by atoms with van der Waals surface area (Å²) in [5, 5.41) is 0. The van der Waals surface area contributed by atoms with Crippen LogP contribution in [0.4, 0.5) is 8.78 Å². The average Bonchev–Trinajstić information content (AvgIpc) is 2.47. The maximum Gasteiger partial charge on any atom is 0.240 e. The summed E-state index contributed by atoms with van der Waals surface area (Å²) in [5.74, 6) is -2.21. The van der Waals surface area contributed by atoms with Gasteiger partial charge in [-0.25, -0.2) is 21.9 Å². The van der Waals surface area contributed by atoms with E-state index in [4.69, 9.17) is 0 Å². The molecular weight excluding hydrogens is 298 g/mol. The molecule has 21 heavy (non-hydrogen) atoms. The molecule has 0 atom stereocenters. The lowest BCUT2D eigenvalue weighted by Gasteiger charge is -2.23. The number of hydrogen-bond donors (Lipinski definition) is 2. The summed E-state index contributed by atoms with van der Waals surface area (Å²) in [6.07, 6.45) is 4.48. The molecule has 1 fully saturated rings. The van der Waals surface area contributed by atoms with Crippen molar-refractivity contribution in [1.82, 2.24) is 4.72 Å². The third-order valence-corrected chi connectivity index (χ3v) is 5.22. The molecule has 2 rings (SSSR count). The number of piperidine rings is 1. The van der Waals surface area contributed by atoms with Crippen LogP contribution in [0.25, 0.3) is 0 Å². The van der Waals surface area contributed by atoms with Crippen LogP contribution in [-0.2, 0) is 10.0 Å². The van der Waals surface area contributed by atoms with Gasteiger partial charge in [0.05, 0.1) is 24.5 Å². The molecule has 1 aliphatic heterocycles. The Morgan fingerprint density at radius 3 is 2.48 bits per heavy atom. The summed E-state index contributed by atoms with van der Waals surface area (Å²) < 4.78 is 52.2. The molecule has 1 heterocycles. The van der Waals surface area contributed by atoms with Crippen molar-refractivity contribution in [3.05, 3.63) is 29.8 Å². The van der Waals surface area contributed by atoms with Gasteiger partial charge in [-0.3, -0.25) is 0 Å². The second kappa shape index (κ2) is 7.29. The molecule has 1 aromatic carbocycles. The Bertz CT molecular complexity index is 572. The maximum absolute atomic E-state index is 13.1. The minimum absolute atomic E-state index is 0.244. The molecule has 0 bridgehead atoms. The number of sulfonamides is 1. The SMILES string of the molecule is O=S(=O)(NCCC[NH+]1CCCCC1)c1ccc(F)c(F)c1. The van der Waals surface area contributed by atoms with Crippen LogP contribution in [0, 0.1) is 11.6 Å². The van der Waals surface area contributed by atoms with Crippen molar-refractivity contribution in [1.29, 1.82) is 0 Å². The smallest absolute Gasteiger partial charge is 0.240 e. The Hall–Kier alpha value is -1.05. The van der Waals surface area contributed by atoms with E-state index in [9.17, 15) is 17.2 Å². The summed E-state index contributed by atoms with van der Waals surface area (Å²) in [6, 6.07) is 2.59. The average molecular weight is 319 g/mol. The molecule has 0 spiro atoms. The molecule has 1 aliphatic rings. The summed E-state index contributed by atoms with van der Waals surface area (Å²) in [7, 11) is -3.77. The predicted octanol–water partition coefficient (Wildman–Crippen LogP) is 0.702. The molecule has 7 heteroatoms. The first-order chi connectivity index (χ1) is 9.99. The highest BCUT2D eigenvalue weighted by Gasteiger charge is 2.17. The van der Waals surface area contributed by atoms with Gasteiger partial charge < -0.3 is 4.90 Å².